The zero-order chi connectivity index (χ0) is 23.7. The van der Waals surface area contributed by atoms with Crippen LogP contribution in [-0.4, -0.2) is 38.8 Å². The van der Waals surface area contributed by atoms with E-state index in [0.29, 0.717) is 34.5 Å². The molecule has 0 saturated carbocycles. The first-order chi connectivity index (χ1) is 15.8. The Bertz CT molecular complexity index is 1280. The van der Waals surface area contributed by atoms with Crippen molar-refractivity contribution in [3.63, 3.8) is 0 Å². The summed E-state index contributed by atoms with van der Waals surface area (Å²) in [5, 5.41) is 8.05. The van der Waals surface area contributed by atoms with Gasteiger partial charge in [-0.15, -0.1) is 0 Å². The van der Waals surface area contributed by atoms with Crippen molar-refractivity contribution in [3.8, 4) is 11.3 Å². The van der Waals surface area contributed by atoms with Crippen LogP contribution in [0.2, 0.25) is 0 Å². The van der Waals surface area contributed by atoms with Crippen LogP contribution in [0.5, 0.6) is 0 Å². The number of dihydropyridines is 1. The first-order valence-electron chi connectivity index (χ1n) is 11.0. The van der Waals surface area contributed by atoms with Crippen LogP contribution >= 0.6 is 0 Å². The lowest BCUT2D eigenvalue weighted by Crippen LogP contribution is -2.34. The van der Waals surface area contributed by atoms with Gasteiger partial charge in [0.1, 0.15) is 0 Å². The number of aromatic nitrogens is 3. The van der Waals surface area contributed by atoms with Crippen LogP contribution < -0.4 is 11.1 Å². The molecule has 1 aromatic carbocycles. The van der Waals surface area contributed by atoms with Gasteiger partial charge in [-0.1, -0.05) is 29.8 Å². The van der Waals surface area contributed by atoms with Crippen LogP contribution in [0.25, 0.3) is 22.3 Å². The van der Waals surface area contributed by atoms with Crippen molar-refractivity contribution in [2.24, 2.45) is 16.6 Å². The topological polar surface area (TPSA) is 115 Å². The van der Waals surface area contributed by atoms with E-state index in [0.717, 1.165) is 16.7 Å². The minimum absolute atomic E-state index is 0.0783. The minimum Gasteiger partial charge on any atom is -0.351 e. The van der Waals surface area contributed by atoms with E-state index in [2.05, 4.69) is 15.4 Å². The smallest absolute Gasteiger partial charge is 0.254 e. The fourth-order valence-corrected chi connectivity index (χ4v) is 3.99. The van der Waals surface area contributed by atoms with Gasteiger partial charge in [0.25, 0.3) is 11.8 Å². The van der Waals surface area contributed by atoms with E-state index in [4.69, 9.17) is 10.7 Å². The van der Waals surface area contributed by atoms with Crippen LogP contribution in [0, 0.1) is 5.92 Å². The number of allylic oxidation sites excluding steroid dienone is 1. The quantitative estimate of drug-likeness (QED) is 0.604. The lowest BCUT2D eigenvalue weighted by Gasteiger charge is -2.19. The highest BCUT2D eigenvalue weighted by molar-refractivity contribution is 6.08. The van der Waals surface area contributed by atoms with E-state index in [-0.39, 0.29) is 24.4 Å². The lowest BCUT2D eigenvalue weighted by atomic mass is 9.95. The first-order valence-corrected chi connectivity index (χ1v) is 11.0. The summed E-state index contributed by atoms with van der Waals surface area (Å²) in [5.41, 5.74) is 11.0. The van der Waals surface area contributed by atoms with Gasteiger partial charge in [0.15, 0.2) is 5.65 Å². The van der Waals surface area contributed by atoms with Crippen LogP contribution in [0.15, 0.2) is 53.2 Å². The highest BCUT2D eigenvalue weighted by atomic mass is 16.2. The number of amides is 2. The molecule has 2 amide bonds. The Balaban J connectivity index is 1.70. The van der Waals surface area contributed by atoms with Crippen LogP contribution in [0.4, 0.5) is 0 Å². The average Bonchev–Trinajstić information content (AvgIpc) is 3.22. The zero-order valence-corrected chi connectivity index (χ0v) is 19.3. The molecule has 3 N–H and O–H groups in total. The van der Waals surface area contributed by atoms with Crippen molar-refractivity contribution < 1.29 is 9.59 Å². The summed E-state index contributed by atoms with van der Waals surface area (Å²) in [7, 11) is 0. The van der Waals surface area contributed by atoms with E-state index in [1.54, 1.807) is 23.9 Å². The molecule has 0 spiro atoms. The zero-order valence-electron chi connectivity index (χ0n) is 19.3. The number of carbonyl (C=O) groups is 2. The number of pyridine rings is 1. The van der Waals surface area contributed by atoms with Crippen molar-refractivity contribution in [1.29, 1.82) is 0 Å². The number of hydrogen-bond donors (Lipinski definition) is 2. The summed E-state index contributed by atoms with van der Waals surface area (Å²) in [6.07, 6.45) is 3.54. The van der Waals surface area contributed by atoms with E-state index in [1.807, 2.05) is 51.1 Å². The van der Waals surface area contributed by atoms with Gasteiger partial charge in [-0.05, 0) is 45.4 Å². The van der Waals surface area contributed by atoms with E-state index in [1.165, 1.54) is 0 Å². The molecule has 2 aromatic heterocycles. The van der Waals surface area contributed by atoms with Gasteiger partial charge < -0.3 is 11.1 Å². The summed E-state index contributed by atoms with van der Waals surface area (Å²) in [5.74, 6) is -0.977. The number of rotatable bonds is 6. The number of fused-ring (bicyclic) bond motifs is 1. The Morgan fingerprint density at radius 1 is 1.21 bits per heavy atom. The standard InChI is InChI=1S/C25H28N6O2/c1-14(2)31-23-21(13-28-31)19(10-22(30-23)18-7-5-17(11-26)6-8-18)24(32)27-12-20-15(3)9-16(4)29-25(20)33/h5-10,13-14,20H,11-12,26H2,1-4H3,(H,27,32). The molecule has 1 aliphatic rings. The second-order valence-corrected chi connectivity index (χ2v) is 8.62. The maximum atomic E-state index is 13.3. The van der Waals surface area contributed by atoms with Crippen molar-refractivity contribution in [2.75, 3.05) is 6.54 Å². The predicted octanol–water partition coefficient (Wildman–Crippen LogP) is 3.43. The molecule has 8 nitrogen and oxygen atoms in total. The van der Waals surface area contributed by atoms with Crippen LogP contribution in [0.1, 0.15) is 49.7 Å². The summed E-state index contributed by atoms with van der Waals surface area (Å²) >= 11 is 0. The molecular formula is C25H28N6O2. The minimum atomic E-state index is -0.461. The Morgan fingerprint density at radius 3 is 2.58 bits per heavy atom. The van der Waals surface area contributed by atoms with Crippen molar-refractivity contribution in [1.82, 2.24) is 20.1 Å². The van der Waals surface area contributed by atoms with Gasteiger partial charge in [0, 0.05) is 30.4 Å². The number of hydrogen-bond acceptors (Lipinski definition) is 5. The molecule has 0 aliphatic carbocycles. The van der Waals surface area contributed by atoms with Gasteiger partial charge in [0.2, 0.25) is 0 Å². The van der Waals surface area contributed by atoms with E-state index >= 15 is 0 Å². The highest BCUT2D eigenvalue weighted by Crippen LogP contribution is 2.27. The molecule has 0 bridgehead atoms. The maximum absolute atomic E-state index is 13.3. The Labute approximate surface area is 192 Å². The fourth-order valence-electron chi connectivity index (χ4n) is 3.99. The third kappa shape index (κ3) is 4.47. The summed E-state index contributed by atoms with van der Waals surface area (Å²) < 4.78 is 1.80. The predicted molar refractivity (Wildman–Crippen MR) is 129 cm³/mol. The molecule has 1 unspecified atom stereocenters. The van der Waals surface area contributed by atoms with Gasteiger partial charge in [-0.3, -0.25) is 9.59 Å². The molecular weight excluding hydrogens is 416 g/mol. The van der Waals surface area contributed by atoms with Crippen molar-refractivity contribution >= 4 is 28.6 Å². The molecule has 8 heteroatoms. The van der Waals surface area contributed by atoms with Crippen molar-refractivity contribution in [2.45, 2.75) is 40.3 Å². The Morgan fingerprint density at radius 2 is 1.94 bits per heavy atom. The highest BCUT2D eigenvalue weighted by Gasteiger charge is 2.25. The number of nitrogens with two attached hydrogens (primary N) is 1. The summed E-state index contributed by atoms with van der Waals surface area (Å²) in [4.78, 5) is 34.5. The molecule has 3 heterocycles. The maximum Gasteiger partial charge on any atom is 0.254 e. The Kier molecular flexibility index (Phi) is 6.20. The van der Waals surface area contributed by atoms with E-state index in [9.17, 15) is 9.59 Å². The van der Waals surface area contributed by atoms with Gasteiger partial charge in [-0.25, -0.2) is 14.7 Å². The Hall–Kier alpha value is -3.65. The SMILES string of the molecule is CC1=CC(C)=NC(=O)C1CNC(=O)c1cc(-c2ccc(CN)cc2)nc2c1cnn2C(C)C. The number of nitrogens with one attached hydrogen (secondary N) is 1. The molecule has 0 fully saturated rings. The van der Waals surface area contributed by atoms with Crippen LogP contribution in [0.3, 0.4) is 0 Å². The van der Waals surface area contributed by atoms with Gasteiger partial charge in [0.05, 0.1) is 28.8 Å². The second-order valence-electron chi connectivity index (χ2n) is 8.62. The molecule has 4 rings (SSSR count). The van der Waals surface area contributed by atoms with Gasteiger partial charge >= 0.3 is 0 Å². The average molecular weight is 445 g/mol. The number of benzene rings is 1. The summed E-state index contributed by atoms with van der Waals surface area (Å²) in [6, 6.07) is 9.65. The molecule has 3 aromatic rings. The molecule has 1 aliphatic heterocycles. The molecule has 33 heavy (non-hydrogen) atoms. The molecule has 0 saturated heterocycles. The largest absolute Gasteiger partial charge is 0.351 e. The monoisotopic (exact) mass is 444 g/mol. The normalized spacial score (nSPS) is 16.2. The van der Waals surface area contributed by atoms with Crippen molar-refractivity contribution in [3.05, 3.63) is 59.3 Å². The lowest BCUT2D eigenvalue weighted by molar-refractivity contribution is -0.120. The number of aliphatic imine (C=N–C) groups is 1. The summed E-state index contributed by atoms with van der Waals surface area (Å²) in [6.45, 7) is 8.34. The van der Waals surface area contributed by atoms with Crippen LogP contribution in [-0.2, 0) is 11.3 Å². The number of carbonyl (C=O) groups excluding carboxylic acids is 2. The number of nitrogens with zero attached hydrogens (tertiary/aromatic N) is 4. The third-order valence-corrected chi connectivity index (χ3v) is 5.82. The van der Waals surface area contributed by atoms with Gasteiger partial charge in [-0.2, -0.15) is 5.10 Å². The second kappa shape index (κ2) is 9.07. The molecule has 170 valence electrons. The third-order valence-electron chi connectivity index (χ3n) is 5.82. The van der Waals surface area contributed by atoms with E-state index < -0.39 is 5.92 Å². The fraction of sp³-hybridized carbons (Fsp3) is 0.320. The first kappa shape index (κ1) is 22.5. The molecule has 0 radical (unpaired) electrons. The molecule has 1 atom stereocenters.